The monoisotopic (exact) mass is 274 g/mol. The first-order valence-electron chi connectivity index (χ1n) is 5.31. The zero-order valence-electron chi connectivity index (χ0n) is 9.92. The van der Waals surface area contributed by atoms with E-state index in [1.807, 2.05) is 0 Å². The molecule has 0 heterocycles. The molecule has 0 saturated heterocycles. The van der Waals surface area contributed by atoms with Gasteiger partial charge in [-0.15, -0.1) is 0 Å². The van der Waals surface area contributed by atoms with E-state index in [4.69, 9.17) is 21.1 Å². The van der Waals surface area contributed by atoms with Gasteiger partial charge in [-0.25, -0.2) is 4.39 Å². The molecule has 1 aliphatic carbocycles. The molecule has 1 aliphatic rings. The van der Waals surface area contributed by atoms with Crippen LogP contribution in [0.1, 0.15) is 18.4 Å². The maximum atomic E-state index is 14.1. The zero-order valence-corrected chi connectivity index (χ0v) is 10.7. The van der Waals surface area contributed by atoms with E-state index in [-0.39, 0.29) is 22.1 Å². The quantitative estimate of drug-likeness (QED) is 0.917. The van der Waals surface area contributed by atoms with Gasteiger partial charge in [0.1, 0.15) is 5.82 Å². The van der Waals surface area contributed by atoms with Crippen LogP contribution in [-0.2, 0) is 10.2 Å². The van der Waals surface area contributed by atoms with Crippen molar-refractivity contribution in [1.29, 1.82) is 0 Å². The molecule has 6 heteroatoms. The summed E-state index contributed by atoms with van der Waals surface area (Å²) in [6.45, 7) is 0. The van der Waals surface area contributed by atoms with Crippen LogP contribution in [0.4, 0.5) is 4.39 Å². The van der Waals surface area contributed by atoms with Gasteiger partial charge < -0.3 is 14.6 Å². The number of hydrogen-bond acceptors (Lipinski definition) is 3. The van der Waals surface area contributed by atoms with Crippen molar-refractivity contribution in [1.82, 2.24) is 0 Å². The van der Waals surface area contributed by atoms with E-state index in [0.717, 1.165) is 0 Å². The van der Waals surface area contributed by atoms with Gasteiger partial charge in [-0.2, -0.15) is 0 Å². The Hall–Kier alpha value is -1.49. The third-order valence-corrected chi connectivity index (χ3v) is 3.47. The van der Waals surface area contributed by atoms with Crippen LogP contribution in [0.25, 0.3) is 0 Å². The SMILES string of the molecule is COc1cc(Cl)c(F)c(C2(C(=O)O)CC2)c1OC. The second kappa shape index (κ2) is 4.31. The van der Waals surface area contributed by atoms with Gasteiger partial charge in [-0.1, -0.05) is 11.6 Å². The van der Waals surface area contributed by atoms with Gasteiger partial charge in [0, 0.05) is 6.07 Å². The van der Waals surface area contributed by atoms with Crippen molar-refractivity contribution in [2.24, 2.45) is 0 Å². The number of carboxylic acids is 1. The van der Waals surface area contributed by atoms with E-state index >= 15 is 0 Å². The van der Waals surface area contributed by atoms with E-state index in [1.165, 1.54) is 20.3 Å². The van der Waals surface area contributed by atoms with E-state index in [2.05, 4.69) is 0 Å². The van der Waals surface area contributed by atoms with Crippen molar-refractivity contribution >= 4 is 17.6 Å². The Labute approximate surface area is 108 Å². The highest BCUT2D eigenvalue weighted by Crippen LogP contribution is 2.55. The standard InChI is InChI=1S/C12H12ClFO4/c1-17-7-5-6(13)9(14)8(10(7)18-2)12(3-4-12)11(15)16/h5H,3-4H2,1-2H3,(H,15,16). The molecule has 0 atom stereocenters. The molecule has 1 fully saturated rings. The van der Waals surface area contributed by atoms with Crippen LogP contribution in [0.5, 0.6) is 11.5 Å². The molecule has 0 unspecified atom stereocenters. The second-order valence-corrected chi connectivity index (χ2v) is 4.58. The first-order chi connectivity index (χ1) is 8.47. The van der Waals surface area contributed by atoms with Gasteiger partial charge in [-0.3, -0.25) is 4.79 Å². The summed E-state index contributed by atoms with van der Waals surface area (Å²) in [6, 6.07) is 1.27. The van der Waals surface area contributed by atoms with Crippen LogP contribution < -0.4 is 9.47 Å². The summed E-state index contributed by atoms with van der Waals surface area (Å²) in [7, 11) is 2.73. The van der Waals surface area contributed by atoms with Gasteiger partial charge in [-0.05, 0) is 12.8 Å². The third kappa shape index (κ3) is 1.70. The Morgan fingerprint density at radius 1 is 1.44 bits per heavy atom. The lowest BCUT2D eigenvalue weighted by Crippen LogP contribution is -2.22. The van der Waals surface area contributed by atoms with Gasteiger partial charge in [0.15, 0.2) is 11.5 Å². The highest BCUT2D eigenvalue weighted by atomic mass is 35.5. The van der Waals surface area contributed by atoms with Crippen molar-refractivity contribution in [2.75, 3.05) is 14.2 Å². The van der Waals surface area contributed by atoms with Crippen LogP contribution in [0.2, 0.25) is 5.02 Å². The zero-order chi connectivity index (χ0) is 13.5. The summed E-state index contributed by atoms with van der Waals surface area (Å²) in [4.78, 5) is 11.3. The lowest BCUT2D eigenvalue weighted by Gasteiger charge is -2.19. The van der Waals surface area contributed by atoms with Crippen LogP contribution in [0, 0.1) is 5.82 Å². The van der Waals surface area contributed by atoms with Crippen LogP contribution >= 0.6 is 11.6 Å². The number of benzene rings is 1. The summed E-state index contributed by atoms with van der Waals surface area (Å²) in [5.41, 5.74) is -1.27. The van der Waals surface area contributed by atoms with Crippen molar-refractivity contribution in [3.8, 4) is 11.5 Å². The predicted molar refractivity (Wildman–Crippen MR) is 63.1 cm³/mol. The molecule has 0 bridgehead atoms. The van der Waals surface area contributed by atoms with Crippen molar-refractivity contribution in [2.45, 2.75) is 18.3 Å². The molecule has 0 spiro atoms. The Bertz CT molecular complexity index is 511. The van der Waals surface area contributed by atoms with Crippen LogP contribution in [0.15, 0.2) is 6.07 Å². The fraction of sp³-hybridized carbons (Fsp3) is 0.417. The number of halogens is 2. The number of rotatable bonds is 4. The number of aliphatic carboxylic acids is 1. The molecule has 0 aliphatic heterocycles. The minimum Gasteiger partial charge on any atom is -0.493 e. The number of carboxylic acid groups (broad SMARTS) is 1. The first-order valence-corrected chi connectivity index (χ1v) is 5.69. The van der Waals surface area contributed by atoms with Gasteiger partial charge in [0.2, 0.25) is 0 Å². The minimum atomic E-state index is -1.24. The number of methoxy groups -OCH3 is 2. The molecule has 1 saturated carbocycles. The first kappa shape index (κ1) is 13.0. The van der Waals surface area contributed by atoms with Gasteiger partial charge >= 0.3 is 5.97 Å². The molecule has 1 N–H and O–H groups in total. The number of hydrogen-bond donors (Lipinski definition) is 1. The summed E-state index contributed by atoms with van der Waals surface area (Å²) < 4.78 is 24.3. The molecule has 18 heavy (non-hydrogen) atoms. The molecule has 0 amide bonds. The Morgan fingerprint density at radius 3 is 2.44 bits per heavy atom. The summed E-state index contributed by atoms with van der Waals surface area (Å²) >= 11 is 5.76. The fourth-order valence-electron chi connectivity index (χ4n) is 2.06. The second-order valence-electron chi connectivity index (χ2n) is 4.17. The smallest absolute Gasteiger partial charge is 0.314 e. The normalized spacial score (nSPS) is 16.2. The summed E-state index contributed by atoms with van der Waals surface area (Å²) in [5.74, 6) is -1.51. The molecule has 1 aromatic rings. The van der Waals surface area contributed by atoms with E-state index in [1.54, 1.807) is 0 Å². The van der Waals surface area contributed by atoms with E-state index in [0.29, 0.717) is 12.8 Å². The van der Waals surface area contributed by atoms with E-state index < -0.39 is 17.2 Å². The molecule has 98 valence electrons. The predicted octanol–water partition coefficient (Wildman–Crippen LogP) is 2.61. The van der Waals surface area contributed by atoms with Crippen molar-refractivity contribution in [3.63, 3.8) is 0 Å². The highest BCUT2D eigenvalue weighted by molar-refractivity contribution is 6.31. The Kier molecular flexibility index (Phi) is 3.11. The van der Waals surface area contributed by atoms with Crippen LogP contribution in [0.3, 0.4) is 0 Å². The average molecular weight is 275 g/mol. The van der Waals surface area contributed by atoms with Crippen molar-refractivity contribution < 1.29 is 23.8 Å². The summed E-state index contributed by atoms with van der Waals surface area (Å²) in [5, 5.41) is 9.08. The summed E-state index contributed by atoms with van der Waals surface area (Å²) in [6.07, 6.45) is 0.720. The average Bonchev–Trinajstić information content (AvgIpc) is 3.12. The minimum absolute atomic E-state index is 0.0261. The Balaban J connectivity index is 2.72. The number of ether oxygens (including phenoxy) is 2. The Morgan fingerprint density at radius 2 is 2.06 bits per heavy atom. The maximum absolute atomic E-state index is 14.1. The lowest BCUT2D eigenvalue weighted by molar-refractivity contribution is -0.140. The van der Waals surface area contributed by atoms with Crippen molar-refractivity contribution in [3.05, 3.63) is 22.5 Å². The molecule has 1 aromatic carbocycles. The molecule has 0 aromatic heterocycles. The maximum Gasteiger partial charge on any atom is 0.314 e. The highest BCUT2D eigenvalue weighted by Gasteiger charge is 2.56. The van der Waals surface area contributed by atoms with E-state index in [9.17, 15) is 14.3 Å². The van der Waals surface area contributed by atoms with Gasteiger partial charge in [0.05, 0.1) is 30.2 Å². The fourth-order valence-corrected chi connectivity index (χ4v) is 2.26. The third-order valence-electron chi connectivity index (χ3n) is 3.20. The molecular weight excluding hydrogens is 263 g/mol. The molecular formula is C12H12ClFO4. The molecule has 0 radical (unpaired) electrons. The topological polar surface area (TPSA) is 55.8 Å². The largest absolute Gasteiger partial charge is 0.493 e. The molecule has 2 rings (SSSR count). The molecule has 4 nitrogen and oxygen atoms in total. The lowest BCUT2D eigenvalue weighted by atomic mass is 9.94. The van der Waals surface area contributed by atoms with Crippen LogP contribution in [-0.4, -0.2) is 25.3 Å². The van der Waals surface area contributed by atoms with Gasteiger partial charge in [0.25, 0.3) is 0 Å². The number of carbonyl (C=O) groups is 1.